The molecular formula is C20H23N6S2+. The fourth-order valence-electron chi connectivity index (χ4n) is 3.13. The Balaban J connectivity index is 1.58. The molecule has 0 bridgehead atoms. The van der Waals surface area contributed by atoms with Gasteiger partial charge in [-0.05, 0) is 72.7 Å². The Morgan fingerprint density at radius 1 is 1.14 bits per heavy atom. The van der Waals surface area contributed by atoms with Crippen LogP contribution in [0.1, 0.15) is 29.1 Å². The predicted molar refractivity (Wildman–Crippen MR) is 115 cm³/mol. The van der Waals surface area contributed by atoms with Crippen LogP contribution in [0.25, 0.3) is 15.9 Å². The van der Waals surface area contributed by atoms with Crippen LogP contribution in [0.15, 0.2) is 42.5 Å². The zero-order valence-corrected chi connectivity index (χ0v) is 18.0. The molecule has 0 radical (unpaired) electrons. The Hall–Kier alpha value is -2.42. The van der Waals surface area contributed by atoms with Crippen molar-refractivity contribution in [3.8, 4) is 5.69 Å². The van der Waals surface area contributed by atoms with Gasteiger partial charge in [-0.1, -0.05) is 24.3 Å². The standard InChI is InChI=1S/C20H22N6S2/c1-13-9-10-14(2)17(11-13)26-20(27)25(22-23-26)12-24(4)15(3)19-21-16-7-5-6-8-18(16)28-19/h5-11,15H,12H2,1-4H3/p+1/t15-/m0/s1. The number of nitrogens with zero attached hydrogens (tertiary/aromatic N) is 5. The Bertz CT molecular complexity index is 1160. The van der Waals surface area contributed by atoms with E-state index in [-0.39, 0.29) is 6.04 Å². The van der Waals surface area contributed by atoms with E-state index in [1.807, 2.05) is 6.07 Å². The maximum Gasteiger partial charge on any atom is 0.225 e. The number of thiazole rings is 1. The lowest BCUT2D eigenvalue weighted by molar-refractivity contribution is -0.933. The molecule has 4 aromatic rings. The molecule has 6 nitrogen and oxygen atoms in total. The Labute approximate surface area is 173 Å². The highest BCUT2D eigenvalue weighted by molar-refractivity contribution is 7.71. The second kappa shape index (κ2) is 7.54. The van der Waals surface area contributed by atoms with Gasteiger partial charge in [0, 0.05) is 0 Å². The molecule has 4 rings (SSSR count). The molecule has 0 aliphatic heterocycles. The first kappa shape index (κ1) is 18.9. The number of hydrogen-bond acceptors (Lipinski definition) is 5. The predicted octanol–water partition coefficient (Wildman–Crippen LogP) is 3.26. The first-order valence-electron chi connectivity index (χ1n) is 9.22. The van der Waals surface area contributed by atoms with Gasteiger partial charge < -0.3 is 4.90 Å². The van der Waals surface area contributed by atoms with Gasteiger partial charge in [-0.3, -0.25) is 0 Å². The Kier molecular flexibility index (Phi) is 5.09. The van der Waals surface area contributed by atoms with E-state index in [4.69, 9.17) is 17.2 Å². The Morgan fingerprint density at radius 2 is 1.93 bits per heavy atom. The molecule has 2 aromatic carbocycles. The summed E-state index contributed by atoms with van der Waals surface area (Å²) in [6.45, 7) is 6.93. The molecule has 0 fully saturated rings. The van der Waals surface area contributed by atoms with Gasteiger partial charge in [-0.2, -0.15) is 9.36 Å². The maximum atomic E-state index is 5.66. The van der Waals surface area contributed by atoms with E-state index in [9.17, 15) is 0 Å². The quantitative estimate of drug-likeness (QED) is 0.512. The number of benzene rings is 2. The van der Waals surface area contributed by atoms with Gasteiger partial charge in [0.1, 0.15) is 6.04 Å². The van der Waals surface area contributed by atoms with Crippen LogP contribution < -0.4 is 4.90 Å². The molecule has 0 amide bonds. The highest BCUT2D eigenvalue weighted by Gasteiger charge is 2.21. The van der Waals surface area contributed by atoms with Crippen molar-refractivity contribution in [3.63, 3.8) is 0 Å². The summed E-state index contributed by atoms with van der Waals surface area (Å²) < 4.78 is 5.35. The monoisotopic (exact) mass is 411 g/mol. The summed E-state index contributed by atoms with van der Waals surface area (Å²) in [5.41, 5.74) is 4.33. The third-order valence-electron chi connectivity index (χ3n) is 5.05. The number of aryl methyl sites for hydroxylation is 2. The van der Waals surface area contributed by atoms with Crippen molar-refractivity contribution in [1.82, 2.24) is 24.8 Å². The van der Waals surface area contributed by atoms with Crippen LogP contribution in [-0.4, -0.2) is 31.8 Å². The highest BCUT2D eigenvalue weighted by Crippen LogP contribution is 2.24. The number of fused-ring (bicyclic) bond motifs is 1. The molecule has 28 heavy (non-hydrogen) atoms. The van der Waals surface area contributed by atoms with Crippen LogP contribution >= 0.6 is 23.6 Å². The molecule has 1 N–H and O–H groups in total. The number of hydrogen-bond donors (Lipinski definition) is 1. The van der Waals surface area contributed by atoms with E-state index >= 15 is 0 Å². The molecule has 1 unspecified atom stereocenters. The molecule has 2 heterocycles. The average molecular weight is 412 g/mol. The second-order valence-corrected chi connectivity index (χ2v) is 8.64. The summed E-state index contributed by atoms with van der Waals surface area (Å²) in [5, 5.41) is 9.73. The lowest BCUT2D eigenvalue weighted by Crippen LogP contribution is -3.08. The minimum atomic E-state index is 0.227. The molecule has 2 aromatic heterocycles. The first-order valence-corrected chi connectivity index (χ1v) is 10.4. The van der Waals surface area contributed by atoms with Crippen LogP contribution in [0, 0.1) is 18.6 Å². The van der Waals surface area contributed by atoms with Crippen LogP contribution in [0.5, 0.6) is 0 Å². The zero-order valence-electron chi connectivity index (χ0n) is 16.4. The van der Waals surface area contributed by atoms with Gasteiger partial charge in [0.25, 0.3) is 0 Å². The zero-order chi connectivity index (χ0) is 19.8. The van der Waals surface area contributed by atoms with E-state index in [2.05, 4.69) is 74.6 Å². The van der Waals surface area contributed by atoms with Crippen molar-refractivity contribution < 1.29 is 4.90 Å². The highest BCUT2D eigenvalue weighted by atomic mass is 32.1. The summed E-state index contributed by atoms with van der Waals surface area (Å²) in [6, 6.07) is 14.7. The van der Waals surface area contributed by atoms with Crippen molar-refractivity contribution in [3.05, 3.63) is 63.4 Å². The van der Waals surface area contributed by atoms with Crippen LogP contribution in [0.3, 0.4) is 0 Å². The summed E-state index contributed by atoms with van der Waals surface area (Å²) in [6.07, 6.45) is 0. The second-order valence-electron chi connectivity index (χ2n) is 7.21. The van der Waals surface area contributed by atoms with Crippen molar-refractivity contribution in [1.29, 1.82) is 0 Å². The topological polar surface area (TPSA) is 53.0 Å². The molecule has 0 spiro atoms. The normalized spacial score (nSPS) is 13.7. The molecule has 0 saturated carbocycles. The number of para-hydroxylation sites is 1. The molecule has 144 valence electrons. The summed E-state index contributed by atoms with van der Waals surface area (Å²) >= 11 is 7.40. The minimum Gasteiger partial charge on any atom is -0.311 e. The smallest absolute Gasteiger partial charge is 0.225 e. The number of rotatable bonds is 5. The third kappa shape index (κ3) is 3.50. The fraction of sp³-hybridized carbons (Fsp3) is 0.300. The van der Waals surface area contributed by atoms with Crippen molar-refractivity contribution >= 4 is 33.8 Å². The van der Waals surface area contributed by atoms with Gasteiger partial charge in [-0.25, -0.2) is 4.98 Å². The van der Waals surface area contributed by atoms with Crippen LogP contribution in [0.2, 0.25) is 0 Å². The third-order valence-corrected chi connectivity index (χ3v) is 6.65. The molecule has 0 aliphatic rings. The van der Waals surface area contributed by atoms with E-state index in [0.29, 0.717) is 11.4 Å². The van der Waals surface area contributed by atoms with E-state index in [0.717, 1.165) is 21.8 Å². The van der Waals surface area contributed by atoms with Gasteiger partial charge >= 0.3 is 0 Å². The number of aromatic nitrogens is 5. The molecule has 0 aliphatic carbocycles. The maximum absolute atomic E-state index is 5.66. The van der Waals surface area contributed by atoms with Crippen molar-refractivity contribution in [2.24, 2.45) is 0 Å². The van der Waals surface area contributed by atoms with Gasteiger partial charge in [-0.15, -0.1) is 11.3 Å². The SMILES string of the molecule is Cc1ccc(C)c(-n2nnn(C[NH+](C)[C@@H](C)c3nc4ccccc4s3)c2=S)c1. The van der Waals surface area contributed by atoms with Crippen molar-refractivity contribution in [2.75, 3.05) is 7.05 Å². The lowest BCUT2D eigenvalue weighted by atomic mass is 10.1. The van der Waals surface area contributed by atoms with Crippen molar-refractivity contribution in [2.45, 2.75) is 33.5 Å². The number of quaternary nitrogens is 1. The van der Waals surface area contributed by atoms with E-state index < -0.39 is 0 Å². The number of tetrazole rings is 1. The van der Waals surface area contributed by atoms with Gasteiger partial charge in [0.15, 0.2) is 11.7 Å². The van der Waals surface area contributed by atoms with E-state index in [1.54, 1.807) is 20.7 Å². The van der Waals surface area contributed by atoms with Crippen LogP contribution in [-0.2, 0) is 6.67 Å². The fourth-order valence-corrected chi connectivity index (χ4v) is 4.48. The molecule has 0 saturated heterocycles. The van der Waals surface area contributed by atoms with Gasteiger partial charge in [0.2, 0.25) is 4.77 Å². The summed E-state index contributed by atoms with van der Waals surface area (Å²) in [7, 11) is 2.13. The first-order chi connectivity index (χ1) is 13.4. The molecule has 2 atom stereocenters. The average Bonchev–Trinajstić information content (AvgIpc) is 3.27. The summed E-state index contributed by atoms with van der Waals surface area (Å²) in [5.74, 6) is 0. The number of nitrogens with one attached hydrogen (secondary N) is 1. The van der Waals surface area contributed by atoms with E-state index in [1.165, 1.54) is 15.2 Å². The molecule has 8 heteroatoms. The summed E-state index contributed by atoms with van der Waals surface area (Å²) in [4.78, 5) is 6.05. The Morgan fingerprint density at radius 3 is 2.71 bits per heavy atom. The molecular weight excluding hydrogens is 388 g/mol. The van der Waals surface area contributed by atoms with Gasteiger partial charge in [0.05, 0.1) is 23.0 Å². The van der Waals surface area contributed by atoms with Crippen LogP contribution in [0.4, 0.5) is 0 Å². The lowest BCUT2D eigenvalue weighted by Gasteiger charge is -2.19. The largest absolute Gasteiger partial charge is 0.311 e. The minimum absolute atomic E-state index is 0.227.